The van der Waals surface area contributed by atoms with E-state index >= 15 is 0 Å². The number of esters is 2. The third kappa shape index (κ3) is 11.9. The normalized spacial score (nSPS) is 49.0. The minimum Gasteiger partial charge on any atom is -0.464 e. The van der Waals surface area contributed by atoms with Gasteiger partial charge >= 0.3 is 11.9 Å². The molecule has 0 aromatic heterocycles. The zero-order chi connectivity index (χ0) is 61.2. The lowest BCUT2D eigenvalue weighted by atomic mass is 9.33. The molecule has 5 aliphatic carbocycles. The van der Waals surface area contributed by atoms with Gasteiger partial charge < -0.3 is 104 Å². The Morgan fingerprint density at radius 2 is 1.23 bits per heavy atom. The maximum Gasteiger partial charge on any atom is 0.338 e. The van der Waals surface area contributed by atoms with Crippen LogP contribution in [-0.4, -0.2) is 222 Å². The van der Waals surface area contributed by atoms with Crippen LogP contribution < -0.4 is 0 Å². The van der Waals surface area contributed by atoms with E-state index in [1.165, 1.54) is 5.57 Å². The van der Waals surface area contributed by atoms with Crippen LogP contribution in [0.25, 0.3) is 0 Å². The number of ether oxygens (including phenoxy) is 9. The average molecular weight is 1200 g/mol. The third-order valence-electron chi connectivity index (χ3n) is 22.7. The number of fused-ring (bicyclic) bond motifs is 7. The first kappa shape index (κ1) is 66.3. The van der Waals surface area contributed by atoms with E-state index < -0.39 is 165 Å². The van der Waals surface area contributed by atoms with Crippen LogP contribution in [0, 0.1) is 50.2 Å². The van der Waals surface area contributed by atoms with Crippen LogP contribution >= 0.6 is 0 Å². The molecule has 23 heteroatoms. The van der Waals surface area contributed by atoms with Gasteiger partial charge in [0.25, 0.3) is 0 Å². The number of aliphatic hydroxyl groups is 12. The summed E-state index contributed by atoms with van der Waals surface area (Å²) in [5, 5.41) is 130. The van der Waals surface area contributed by atoms with E-state index in [9.17, 15) is 70.9 Å². The summed E-state index contributed by atoms with van der Waals surface area (Å²) in [6, 6.07) is 0. The average Bonchev–Trinajstić information content (AvgIpc) is 0.694. The molecule has 84 heavy (non-hydrogen) atoms. The van der Waals surface area contributed by atoms with Crippen molar-refractivity contribution in [2.75, 3.05) is 26.4 Å². The van der Waals surface area contributed by atoms with E-state index in [4.69, 9.17) is 42.6 Å². The van der Waals surface area contributed by atoms with Crippen LogP contribution in [0.2, 0.25) is 0 Å². The minimum atomic E-state index is -1.95. The lowest BCUT2D eigenvalue weighted by Crippen LogP contribution is -2.68. The van der Waals surface area contributed by atoms with Gasteiger partial charge in [-0.05, 0) is 115 Å². The van der Waals surface area contributed by atoms with Crippen molar-refractivity contribution in [1.82, 2.24) is 0 Å². The molecule has 12 N–H and O–H groups in total. The Hall–Kier alpha value is -2.08. The van der Waals surface area contributed by atoms with Gasteiger partial charge in [-0.25, -0.2) is 4.79 Å². The molecule has 0 amide bonds. The Labute approximate surface area is 493 Å². The summed E-state index contributed by atoms with van der Waals surface area (Å²) in [5.74, 6) is -1.40. The molecule has 482 valence electrons. The summed E-state index contributed by atoms with van der Waals surface area (Å²) >= 11 is 0. The number of carbonyl (C=O) groups is 2. The number of carbonyl (C=O) groups excluding carboxylic acids is 2. The SMILES string of the molecule is CCCCCCCCOC(=O)C1OC(OC2CCC3(C)C(CCC4(C)C3CC=C3C5CC(C)(C)CCC5(C(=O)OC5OC(CO)C(O)C(O)C5O)CCC34C)C2(C)C)C(O)C(OC2OC(CO)C(O)C(O)C2OC2OCC(O)C(O)C2O)C1O. The molecule has 4 aliphatic heterocycles. The maximum absolute atomic E-state index is 14.8. The molecule has 27 atom stereocenters. The molecule has 4 saturated heterocycles. The second-order valence-corrected chi connectivity index (χ2v) is 28.5. The second kappa shape index (κ2) is 25.7. The van der Waals surface area contributed by atoms with Crippen LogP contribution in [0.3, 0.4) is 0 Å². The van der Waals surface area contributed by atoms with Crippen molar-refractivity contribution in [1.29, 1.82) is 0 Å². The highest BCUT2D eigenvalue weighted by molar-refractivity contribution is 5.79. The van der Waals surface area contributed by atoms with Crippen LogP contribution in [0.4, 0.5) is 0 Å². The standard InChI is InChI=1S/C61H100O23/c1-9-10-11-12-13-14-25-76-50(74)48-45(72)47(81-54-49(42(69)40(67)34(28-63)79-54)83-51-43(70)38(65)32(64)29-77-51)46(73)53(82-48)80-37-18-19-58(6)35(57(37,4)5)17-20-60(8)36(58)16-15-30-31-26-56(2,3)21-23-61(31,24-22-59(30,60)7)55(75)84-52-44(71)41(68)39(66)33(27-62)78-52/h15,31-49,51-54,62-73H,9-14,16-29H2,1-8H3. The molecule has 4 heterocycles. The van der Waals surface area contributed by atoms with Gasteiger partial charge in [-0.3, -0.25) is 4.79 Å². The highest BCUT2D eigenvalue weighted by atomic mass is 16.8. The molecule has 9 aliphatic rings. The molecule has 0 aromatic rings. The van der Waals surface area contributed by atoms with E-state index in [0.29, 0.717) is 38.5 Å². The first-order valence-electron chi connectivity index (χ1n) is 31.2. The van der Waals surface area contributed by atoms with Crippen molar-refractivity contribution in [2.45, 2.75) is 281 Å². The summed E-state index contributed by atoms with van der Waals surface area (Å²) in [6.45, 7) is 16.1. The monoisotopic (exact) mass is 1200 g/mol. The van der Waals surface area contributed by atoms with Crippen molar-refractivity contribution < 1.29 is 113 Å². The first-order chi connectivity index (χ1) is 39.5. The van der Waals surface area contributed by atoms with Crippen LogP contribution in [0.15, 0.2) is 11.6 Å². The molecular formula is C61H100O23. The van der Waals surface area contributed by atoms with Gasteiger partial charge in [0.15, 0.2) is 25.0 Å². The number of hydrogen-bond acceptors (Lipinski definition) is 23. The zero-order valence-electron chi connectivity index (χ0n) is 50.4. The smallest absolute Gasteiger partial charge is 0.338 e. The predicted molar refractivity (Wildman–Crippen MR) is 294 cm³/mol. The fraction of sp³-hybridized carbons (Fsp3) is 0.934. The Balaban J connectivity index is 0.958. The lowest BCUT2D eigenvalue weighted by molar-refractivity contribution is -0.386. The number of unbranched alkanes of at least 4 members (excludes halogenated alkanes) is 5. The van der Waals surface area contributed by atoms with Crippen LogP contribution in [-0.2, 0) is 52.2 Å². The van der Waals surface area contributed by atoms with E-state index in [2.05, 4.69) is 61.5 Å². The molecule has 27 unspecified atom stereocenters. The van der Waals surface area contributed by atoms with E-state index in [-0.39, 0.29) is 46.0 Å². The van der Waals surface area contributed by atoms with Gasteiger partial charge in [-0.15, -0.1) is 0 Å². The van der Waals surface area contributed by atoms with E-state index in [0.717, 1.165) is 64.2 Å². The number of rotatable bonds is 18. The fourth-order valence-electron chi connectivity index (χ4n) is 17.3. The van der Waals surface area contributed by atoms with Crippen molar-refractivity contribution in [3.05, 3.63) is 11.6 Å². The van der Waals surface area contributed by atoms with Crippen molar-refractivity contribution in [2.24, 2.45) is 50.2 Å². The number of allylic oxidation sites excluding steroid dienone is 2. The predicted octanol–water partition coefficient (Wildman–Crippen LogP) is 1.52. The van der Waals surface area contributed by atoms with Gasteiger partial charge in [-0.1, -0.05) is 99.1 Å². The third-order valence-corrected chi connectivity index (χ3v) is 22.7. The molecule has 0 bridgehead atoms. The van der Waals surface area contributed by atoms with Crippen LogP contribution in [0.5, 0.6) is 0 Å². The first-order valence-corrected chi connectivity index (χ1v) is 31.2. The highest BCUT2D eigenvalue weighted by Crippen LogP contribution is 2.76. The Kier molecular flexibility index (Phi) is 20.3. The van der Waals surface area contributed by atoms with Gasteiger partial charge in [0.05, 0.1) is 37.9 Å². The molecule has 23 nitrogen and oxygen atoms in total. The topological polar surface area (TPSA) is 360 Å². The summed E-state index contributed by atoms with van der Waals surface area (Å²) in [6.07, 6.45) is -18.2. The van der Waals surface area contributed by atoms with E-state index in [1.54, 1.807) is 0 Å². The van der Waals surface area contributed by atoms with Crippen LogP contribution in [0.1, 0.15) is 158 Å². The Morgan fingerprint density at radius 1 is 0.595 bits per heavy atom. The number of aliphatic hydroxyl groups excluding tert-OH is 12. The molecular weight excluding hydrogens is 1100 g/mol. The lowest BCUT2D eigenvalue weighted by Gasteiger charge is -2.71. The van der Waals surface area contributed by atoms with Crippen molar-refractivity contribution in [3.8, 4) is 0 Å². The molecule has 0 spiro atoms. The van der Waals surface area contributed by atoms with Gasteiger partial charge in [0, 0.05) is 0 Å². The molecule has 9 rings (SSSR count). The second-order valence-electron chi connectivity index (χ2n) is 28.5. The minimum absolute atomic E-state index is 0.0225. The molecule has 8 fully saturated rings. The van der Waals surface area contributed by atoms with Crippen molar-refractivity contribution >= 4 is 11.9 Å². The summed E-state index contributed by atoms with van der Waals surface area (Å²) in [5.41, 5.74) is -1.18. The van der Waals surface area contributed by atoms with Crippen molar-refractivity contribution in [3.63, 3.8) is 0 Å². The van der Waals surface area contributed by atoms with E-state index in [1.807, 2.05) is 0 Å². The molecule has 0 radical (unpaired) electrons. The van der Waals surface area contributed by atoms with Gasteiger partial charge in [-0.2, -0.15) is 0 Å². The molecule has 0 aromatic carbocycles. The Morgan fingerprint density at radius 3 is 1.92 bits per heavy atom. The summed E-state index contributed by atoms with van der Waals surface area (Å²) in [7, 11) is 0. The largest absolute Gasteiger partial charge is 0.464 e. The Bertz CT molecular complexity index is 2290. The summed E-state index contributed by atoms with van der Waals surface area (Å²) < 4.78 is 54.1. The van der Waals surface area contributed by atoms with Gasteiger partial charge in [0.1, 0.15) is 85.5 Å². The maximum atomic E-state index is 14.8. The fourth-order valence-corrected chi connectivity index (χ4v) is 17.3. The number of hydrogen-bond donors (Lipinski definition) is 12. The summed E-state index contributed by atoms with van der Waals surface area (Å²) in [4.78, 5) is 28.9. The quantitative estimate of drug-likeness (QED) is 0.0400. The zero-order valence-corrected chi connectivity index (χ0v) is 50.4. The molecule has 4 saturated carbocycles. The van der Waals surface area contributed by atoms with Gasteiger partial charge in [0.2, 0.25) is 6.29 Å². The highest BCUT2D eigenvalue weighted by Gasteiger charge is 2.70.